The Kier molecular flexibility index (Phi) is 15.4. The number of hydrogen-bond donors (Lipinski definition) is 6. The molecule has 9 N–H and O–H groups in total. The number of nitrogens with two attached hydrogens (primary N) is 3. The van der Waals surface area contributed by atoms with Gasteiger partial charge >= 0.3 is 0 Å². The predicted molar refractivity (Wildman–Crippen MR) is 168 cm³/mol. The minimum atomic E-state index is -1.05. The van der Waals surface area contributed by atoms with Crippen molar-refractivity contribution in [2.75, 3.05) is 33.9 Å². The molecule has 0 amide bonds. The molecule has 14 atom stereocenters. The van der Waals surface area contributed by atoms with Crippen molar-refractivity contribution >= 4 is 5.97 Å². The van der Waals surface area contributed by atoms with Gasteiger partial charge in [-0.15, -0.1) is 0 Å². The molecule has 4 aliphatic rings. The smallest absolute Gasteiger partial charge is 0.137 e. The lowest BCUT2D eigenvalue weighted by molar-refractivity contribution is -0.701. The van der Waals surface area contributed by atoms with E-state index in [1.807, 2.05) is 0 Å². The number of ether oxygens (including phenoxy) is 4. The summed E-state index contributed by atoms with van der Waals surface area (Å²) in [6.07, 6.45) is 6.54. The first-order valence-electron chi connectivity index (χ1n) is 18.1. The lowest BCUT2D eigenvalue weighted by atomic mass is 9.77. The second-order valence-electron chi connectivity index (χ2n) is 14.8. The molecule has 0 radical (unpaired) electrons. The van der Waals surface area contributed by atoms with Gasteiger partial charge in [-0.2, -0.15) is 0 Å². The number of aliphatic hydroxyl groups excluding tert-OH is 3. The van der Waals surface area contributed by atoms with Gasteiger partial charge in [0.15, 0.2) is 0 Å². The lowest BCUT2D eigenvalue weighted by Crippen LogP contribution is -2.94. The first-order valence-corrected chi connectivity index (χ1v) is 18.1. The topological polar surface area (TPSA) is 197 Å². The van der Waals surface area contributed by atoms with Crippen molar-refractivity contribution in [2.24, 2.45) is 29.4 Å². The van der Waals surface area contributed by atoms with E-state index in [9.17, 15) is 25.2 Å². The zero-order chi connectivity index (χ0) is 33.2. The van der Waals surface area contributed by atoms with Gasteiger partial charge in [-0.05, 0) is 102 Å². The normalized spacial score (nSPS) is 40.3. The van der Waals surface area contributed by atoms with Gasteiger partial charge in [0, 0.05) is 32.5 Å². The number of aliphatic hydroxyl groups is 3. The quantitative estimate of drug-likeness (QED) is 0.112. The molecule has 0 aromatic heterocycles. The minimum Gasteiger partial charge on any atom is -0.550 e. The highest BCUT2D eigenvalue weighted by atomic mass is 16.5. The SMILES string of the molecule is CC[NH2+]C(COC1CC(C2CC(O)CC(CCC3CCC(O)C(OC)C3)O2)CC(OC)C1O)C(CC(=O)[O-])CC1CC[NH2+]C(N)C1. The predicted octanol–water partition coefficient (Wildman–Crippen LogP) is -1.62. The summed E-state index contributed by atoms with van der Waals surface area (Å²) in [5.41, 5.74) is 6.20. The van der Waals surface area contributed by atoms with E-state index in [2.05, 4.69) is 17.6 Å². The molecule has 46 heavy (non-hydrogen) atoms. The highest BCUT2D eigenvalue weighted by molar-refractivity contribution is 5.64. The Balaban J connectivity index is 1.36. The molecule has 14 unspecified atom stereocenters. The van der Waals surface area contributed by atoms with Gasteiger partial charge in [0.1, 0.15) is 18.3 Å². The molecule has 0 bridgehead atoms. The van der Waals surface area contributed by atoms with E-state index in [0.717, 1.165) is 64.5 Å². The zero-order valence-electron chi connectivity index (χ0n) is 28.4. The number of carbonyl (C=O) groups is 1. The number of aliphatic carboxylic acids is 1. The fourth-order valence-electron chi connectivity index (χ4n) is 8.91. The molecule has 2 saturated heterocycles. The number of quaternary nitrogens is 2. The fourth-order valence-corrected chi connectivity index (χ4v) is 8.91. The van der Waals surface area contributed by atoms with Crippen LogP contribution in [-0.2, 0) is 23.7 Å². The summed E-state index contributed by atoms with van der Waals surface area (Å²) in [5.74, 6) is -0.291. The Morgan fingerprint density at radius 1 is 0.978 bits per heavy atom. The maximum absolute atomic E-state index is 11.8. The maximum atomic E-state index is 11.8. The number of hydrogen-bond acceptors (Lipinski definition) is 10. The number of methoxy groups -OCH3 is 2. The number of likely N-dealkylation sites (N-methyl/N-ethyl adjacent to an activating group) is 1. The van der Waals surface area contributed by atoms with Crippen molar-refractivity contribution in [3.63, 3.8) is 0 Å². The average Bonchev–Trinajstić information content (AvgIpc) is 3.02. The molecule has 4 fully saturated rings. The maximum Gasteiger partial charge on any atom is 0.137 e. The first kappa shape index (κ1) is 37.9. The molecule has 0 aromatic carbocycles. The zero-order valence-corrected chi connectivity index (χ0v) is 28.4. The van der Waals surface area contributed by atoms with Crippen LogP contribution in [0.4, 0.5) is 0 Å². The second-order valence-corrected chi connectivity index (χ2v) is 14.8. The van der Waals surface area contributed by atoms with Gasteiger partial charge in [0.25, 0.3) is 0 Å². The molecule has 0 aromatic rings. The van der Waals surface area contributed by atoms with Crippen LogP contribution in [0.5, 0.6) is 0 Å². The molecule has 12 nitrogen and oxygen atoms in total. The van der Waals surface area contributed by atoms with Gasteiger partial charge in [0.2, 0.25) is 0 Å². The minimum absolute atomic E-state index is 0.0285. The van der Waals surface area contributed by atoms with Crippen LogP contribution >= 0.6 is 0 Å². The molecular formula is C34H64N3O9+. The van der Waals surface area contributed by atoms with E-state index in [0.29, 0.717) is 44.1 Å². The van der Waals surface area contributed by atoms with Gasteiger partial charge in [-0.1, -0.05) is 0 Å². The molecule has 2 aliphatic carbocycles. The molecule has 2 heterocycles. The monoisotopic (exact) mass is 658 g/mol. The summed E-state index contributed by atoms with van der Waals surface area (Å²) in [5, 5.41) is 48.4. The van der Waals surface area contributed by atoms with E-state index < -0.39 is 36.5 Å². The standard InChI is InChI=1S/C34H63N3O9/c1-4-36-26(22(16-33(40)41)11-21-9-10-37-32(35)13-21)19-45-31-15-23(14-30(44-3)34(31)42)28-18-24(38)17-25(46-28)7-5-20-6-8-27(39)29(12-20)43-2/h20-32,34,36-39,42H,4-19,35H2,1-3H3,(H,40,41)/p+1. The molecule has 2 saturated carbocycles. The third-order valence-corrected chi connectivity index (χ3v) is 11.5. The van der Waals surface area contributed by atoms with Crippen LogP contribution in [0.15, 0.2) is 0 Å². The Labute approximate surface area is 275 Å². The van der Waals surface area contributed by atoms with Gasteiger partial charge in [-0.3, -0.25) is 5.73 Å². The molecule has 2 aliphatic heterocycles. The van der Waals surface area contributed by atoms with Crippen molar-refractivity contribution in [2.45, 2.75) is 151 Å². The Hall–Kier alpha value is -0.930. The van der Waals surface area contributed by atoms with Gasteiger partial charge in [-0.25, -0.2) is 0 Å². The molecule has 4 rings (SSSR count). The highest BCUT2D eigenvalue weighted by Crippen LogP contribution is 2.39. The third-order valence-electron chi connectivity index (χ3n) is 11.5. The van der Waals surface area contributed by atoms with E-state index in [4.69, 9.17) is 24.7 Å². The van der Waals surface area contributed by atoms with Gasteiger partial charge < -0.3 is 54.8 Å². The number of rotatable bonds is 16. The van der Waals surface area contributed by atoms with Crippen LogP contribution in [0.2, 0.25) is 0 Å². The summed E-state index contributed by atoms with van der Waals surface area (Å²) < 4.78 is 24.4. The number of carbonyl (C=O) groups excluding carboxylic acids is 1. The molecular weight excluding hydrogens is 594 g/mol. The van der Waals surface area contributed by atoms with E-state index >= 15 is 0 Å². The van der Waals surface area contributed by atoms with Crippen LogP contribution in [0.3, 0.4) is 0 Å². The van der Waals surface area contributed by atoms with Crippen molar-refractivity contribution in [3.05, 3.63) is 0 Å². The van der Waals surface area contributed by atoms with Crippen LogP contribution in [0, 0.1) is 23.7 Å². The summed E-state index contributed by atoms with van der Waals surface area (Å²) in [6, 6.07) is -0.0886. The van der Waals surface area contributed by atoms with Gasteiger partial charge in [0.05, 0.1) is 62.4 Å². The van der Waals surface area contributed by atoms with Crippen LogP contribution < -0.4 is 21.5 Å². The average molecular weight is 659 g/mol. The largest absolute Gasteiger partial charge is 0.550 e. The molecule has 12 heteroatoms. The lowest BCUT2D eigenvalue weighted by Gasteiger charge is -2.44. The summed E-state index contributed by atoms with van der Waals surface area (Å²) in [6.45, 7) is 4.11. The number of piperidine rings is 1. The summed E-state index contributed by atoms with van der Waals surface area (Å²) in [4.78, 5) is 11.8. The first-order chi connectivity index (χ1) is 22.1. The number of carboxylic acids is 1. The van der Waals surface area contributed by atoms with Crippen molar-refractivity contribution < 1.29 is 54.8 Å². The summed E-state index contributed by atoms with van der Waals surface area (Å²) >= 11 is 0. The van der Waals surface area contributed by atoms with Crippen molar-refractivity contribution in [1.29, 1.82) is 0 Å². The second kappa shape index (κ2) is 18.7. The van der Waals surface area contributed by atoms with Crippen molar-refractivity contribution in [3.8, 4) is 0 Å². The van der Waals surface area contributed by atoms with E-state index in [-0.39, 0.29) is 48.8 Å². The summed E-state index contributed by atoms with van der Waals surface area (Å²) in [7, 11) is 3.27. The van der Waals surface area contributed by atoms with Crippen LogP contribution in [0.25, 0.3) is 0 Å². The Morgan fingerprint density at radius 2 is 1.74 bits per heavy atom. The molecule has 0 spiro atoms. The highest BCUT2D eigenvalue weighted by Gasteiger charge is 2.44. The van der Waals surface area contributed by atoms with E-state index in [1.54, 1.807) is 14.2 Å². The van der Waals surface area contributed by atoms with E-state index in [1.165, 1.54) is 0 Å². The molecule has 268 valence electrons. The Morgan fingerprint density at radius 3 is 2.43 bits per heavy atom. The number of carboxylic acid groups (broad SMARTS) is 1. The Bertz CT molecular complexity index is 902. The van der Waals surface area contributed by atoms with Crippen LogP contribution in [0.1, 0.15) is 90.4 Å². The van der Waals surface area contributed by atoms with Crippen LogP contribution in [-0.4, -0.2) is 116 Å². The fraction of sp³-hybridized carbons (Fsp3) is 0.971. The van der Waals surface area contributed by atoms with Crippen molar-refractivity contribution in [1.82, 2.24) is 0 Å². The third kappa shape index (κ3) is 11.0.